The maximum absolute atomic E-state index is 12.8. The van der Waals surface area contributed by atoms with Crippen molar-refractivity contribution in [3.05, 3.63) is 70.8 Å². The molecule has 0 unspecified atom stereocenters. The Labute approximate surface area is 174 Å². The SMILES string of the molecule is CCCCCCc1c(C(=O)OO)cccc1C(=O)c1ccccc1.CCNCC. The molecule has 2 aromatic carbocycles. The Hall–Kier alpha value is -2.50. The van der Waals surface area contributed by atoms with Gasteiger partial charge in [-0.3, -0.25) is 9.68 Å². The molecule has 0 heterocycles. The second-order valence-electron chi connectivity index (χ2n) is 6.67. The molecular weight excluding hydrogens is 366 g/mol. The minimum atomic E-state index is -0.830. The van der Waals surface area contributed by atoms with Gasteiger partial charge in [-0.2, -0.15) is 5.26 Å². The third kappa shape index (κ3) is 8.18. The van der Waals surface area contributed by atoms with Crippen molar-refractivity contribution in [2.45, 2.75) is 52.9 Å². The third-order valence-corrected chi connectivity index (χ3v) is 4.54. The maximum Gasteiger partial charge on any atom is 0.373 e. The quantitative estimate of drug-likeness (QED) is 0.246. The molecule has 0 atom stereocenters. The predicted molar refractivity (Wildman–Crippen MR) is 116 cm³/mol. The molecule has 0 radical (unpaired) electrons. The summed E-state index contributed by atoms with van der Waals surface area (Å²) in [6.07, 6.45) is 4.71. The molecule has 2 aromatic rings. The zero-order valence-corrected chi connectivity index (χ0v) is 17.7. The van der Waals surface area contributed by atoms with Gasteiger partial charge in [0.05, 0.1) is 5.56 Å². The molecule has 158 valence electrons. The van der Waals surface area contributed by atoms with Crippen LogP contribution in [0.2, 0.25) is 0 Å². The van der Waals surface area contributed by atoms with Gasteiger partial charge in [0, 0.05) is 11.1 Å². The van der Waals surface area contributed by atoms with Gasteiger partial charge in [-0.1, -0.05) is 82.5 Å². The fraction of sp³-hybridized carbons (Fsp3) is 0.417. The lowest BCUT2D eigenvalue weighted by molar-refractivity contribution is -0.182. The van der Waals surface area contributed by atoms with Crippen LogP contribution in [0.1, 0.15) is 78.3 Å². The first kappa shape index (κ1) is 24.5. The summed E-state index contributed by atoms with van der Waals surface area (Å²) in [4.78, 5) is 28.6. The lowest BCUT2D eigenvalue weighted by atomic mass is 9.91. The molecule has 0 amide bonds. The molecule has 2 N–H and O–H groups in total. The van der Waals surface area contributed by atoms with Crippen molar-refractivity contribution in [1.29, 1.82) is 0 Å². The highest BCUT2D eigenvalue weighted by atomic mass is 17.1. The van der Waals surface area contributed by atoms with Crippen molar-refractivity contribution in [2.24, 2.45) is 0 Å². The third-order valence-electron chi connectivity index (χ3n) is 4.54. The van der Waals surface area contributed by atoms with Crippen LogP contribution in [-0.4, -0.2) is 30.1 Å². The van der Waals surface area contributed by atoms with Gasteiger partial charge < -0.3 is 5.32 Å². The number of carbonyl (C=O) groups is 2. The Balaban J connectivity index is 0.000000749. The fourth-order valence-corrected chi connectivity index (χ4v) is 3.03. The zero-order valence-electron chi connectivity index (χ0n) is 17.7. The molecule has 0 spiro atoms. The fourth-order valence-electron chi connectivity index (χ4n) is 3.03. The number of nitrogens with one attached hydrogen (secondary N) is 1. The second-order valence-corrected chi connectivity index (χ2v) is 6.67. The second kappa shape index (κ2) is 14.5. The zero-order chi connectivity index (χ0) is 21.5. The van der Waals surface area contributed by atoms with E-state index < -0.39 is 5.97 Å². The highest BCUT2D eigenvalue weighted by Crippen LogP contribution is 2.22. The molecule has 0 aromatic heterocycles. The van der Waals surface area contributed by atoms with E-state index >= 15 is 0 Å². The van der Waals surface area contributed by atoms with E-state index in [9.17, 15) is 9.59 Å². The predicted octanol–water partition coefficient (Wildman–Crippen LogP) is 5.29. The number of unbranched alkanes of at least 4 members (excludes halogenated alkanes) is 3. The Kier molecular flexibility index (Phi) is 12.3. The first-order valence-corrected chi connectivity index (χ1v) is 10.4. The van der Waals surface area contributed by atoms with Gasteiger partial charge in [0.1, 0.15) is 0 Å². The van der Waals surface area contributed by atoms with E-state index in [4.69, 9.17) is 5.26 Å². The molecule has 0 bridgehead atoms. The average molecular weight is 400 g/mol. The number of hydrogen-bond donors (Lipinski definition) is 2. The van der Waals surface area contributed by atoms with Crippen LogP contribution < -0.4 is 5.32 Å². The van der Waals surface area contributed by atoms with E-state index in [1.54, 1.807) is 42.5 Å². The topological polar surface area (TPSA) is 75.6 Å². The van der Waals surface area contributed by atoms with Gasteiger partial charge in [-0.25, -0.2) is 4.79 Å². The highest BCUT2D eigenvalue weighted by Gasteiger charge is 2.20. The van der Waals surface area contributed by atoms with Crippen molar-refractivity contribution in [1.82, 2.24) is 5.32 Å². The van der Waals surface area contributed by atoms with Crippen LogP contribution in [0.4, 0.5) is 0 Å². The lowest BCUT2D eigenvalue weighted by Crippen LogP contribution is -2.12. The van der Waals surface area contributed by atoms with Crippen molar-refractivity contribution >= 4 is 11.8 Å². The van der Waals surface area contributed by atoms with Crippen LogP contribution in [0.15, 0.2) is 48.5 Å². The minimum Gasteiger partial charge on any atom is -0.317 e. The van der Waals surface area contributed by atoms with Crippen molar-refractivity contribution in [3.8, 4) is 0 Å². The minimum absolute atomic E-state index is 0.131. The van der Waals surface area contributed by atoms with Crippen molar-refractivity contribution < 1.29 is 19.7 Å². The summed E-state index contributed by atoms with van der Waals surface area (Å²) in [6.45, 7) is 8.52. The molecule has 5 nitrogen and oxygen atoms in total. The number of benzene rings is 2. The molecule has 5 heteroatoms. The summed E-state index contributed by atoms with van der Waals surface area (Å²) in [5, 5.41) is 11.8. The highest BCUT2D eigenvalue weighted by molar-refractivity contribution is 6.11. The van der Waals surface area contributed by atoms with Gasteiger partial charge in [0.2, 0.25) is 0 Å². The van der Waals surface area contributed by atoms with Crippen LogP contribution >= 0.6 is 0 Å². The monoisotopic (exact) mass is 399 g/mol. The van der Waals surface area contributed by atoms with Gasteiger partial charge in [-0.05, 0) is 37.6 Å². The van der Waals surface area contributed by atoms with Crippen LogP contribution in [0.25, 0.3) is 0 Å². The molecule has 0 aliphatic rings. The van der Waals surface area contributed by atoms with Crippen molar-refractivity contribution in [3.63, 3.8) is 0 Å². The Bertz CT molecular complexity index is 742. The van der Waals surface area contributed by atoms with Crippen LogP contribution in [0.3, 0.4) is 0 Å². The summed E-state index contributed by atoms with van der Waals surface area (Å²) >= 11 is 0. The molecule has 0 saturated carbocycles. The largest absolute Gasteiger partial charge is 0.373 e. The smallest absolute Gasteiger partial charge is 0.317 e. The van der Waals surface area contributed by atoms with E-state index in [0.717, 1.165) is 38.8 Å². The number of hydrogen-bond acceptors (Lipinski definition) is 5. The van der Waals surface area contributed by atoms with Gasteiger partial charge in [-0.15, -0.1) is 0 Å². The van der Waals surface area contributed by atoms with E-state index in [2.05, 4.69) is 31.0 Å². The van der Waals surface area contributed by atoms with E-state index in [1.807, 2.05) is 6.07 Å². The van der Waals surface area contributed by atoms with Gasteiger partial charge >= 0.3 is 5.97 Å². The standard InChI is InChI=1S/C20H22O4.C4H11N/c1-2-3-4-8-12-16-17(13-9-14-18(16)20(22)24-23)19(21)15-10-6-5-7-11-15;1-3-5-4-2/h5-7,9-11,13-14,23H,2-4,8,12H2,1H3;5H,3-4H2,1-2H3. The number of carbonyl (C=O) groups excluding carboxylic acids is 2. The normalized spacial score (nSPS) is 10.1. The van der Waals surface area contributed by atoms with E-state index in [1.165, 1.54) is 0 Å². The van der Waals surface area contributed by atoms with E-state index in [-0.39, 0.29) is 11.3 Å². The molecule has 0 aliphatic heterocycles. The van der Waals surface area contributed by atoms with Gasteiger partial charge in [0.15, 0.2) is 5.78 Å². The van der Waals surface area contributed by atoms with Gasteiger partial charge in [0.25, 0.3) is 0 Å². The number of rotatable bonds is 10. The summed E-state index contributed by atoms with van der Waals surface area (Å²) in [5.41, 5.74) is 1.94. The maximum atomic E-state index is 12.8. The van der Waals surface area contributed by atoms with Crippen molar-refractivity contribution in [2.75, 3.05) is 13.1 Å². The summed E-state index contributed by atoms with van der Waals surface area (Å²) in [6, 6.07) is 13.9. The molecule has 0 aliphatic carbocycles. The van der Waals surface area contributed by atoms with Crippen LogP contribution in [0.5, 0.6) is 0 Å². The Morgan fingerprint density at radius 1 is 0.862 bits per heavy atom. The molecule has 0 fully saturated rings. The first-order chi connectivity index (χ1) is 14.1. The molecule has 2 rings (SSSR count). The Morgan fingerprint density at radius 3 is 2.07 bits per heavy atom. The van der Waals surface area contributed by atoms with E-state index in [0.29, 0.717) is 23.1 Å². The number of ketones is 1. The summed E-state index contributed by atoms with van der Waals surface area (Å²) in [7, 11) is 0. The average Bonchev–Trinajstić information content (AvgIpc) is 2.77. The first-order valence-electron chi connectivity index (χ1n) is 10.4. The molecular formula is C24H33NO4. The molecule has 0 saturated heterocycles. The Morgan fingerprint density at radius 2 is 1.52 bits per heavy atom. The summed E-state index contributed by atoms with van der Waals surface area (Å²) < 4.78 is 0. The summed E-state index contributed by atoms with van der Waals surface area (Å²) in [5.74, 6) is -0.961. The van der Waals surface area contributed by atoms with Crippen LogP contribution in [-0.2, 0) is 11.3 Å². The van der Waals surface area contributed by atoms with Crippen LogP contribution in [0, 0.1) is 0 Å². The molecule has 29 heavy (non-hydrogen) atoms. The lowest BCUT2D eigenvalue weighted by Gasteiger charge is -2.12.